The van der Waals surface area contributed by atoms with Crippen molar-refractivity contribution in [2.24, 2.45) is 11.7 Å². The van der Waals surface area contributed by atoms with Gasteiger partial charge in [-0.3, -0.25) is 4.79 Å². The predicted molar refractivity (Wildman–Crippen MR) is 57.3 cm³/mol. The lowest BCUT2D eigenvalue weighted by Gasteiger charge is -2.16. The van der Waals surface area contributed by atoms with Crippen molar-refractivity contribution in [2.45, 2.75) is 39.2 Å². The van der Waals surface area contributed by atoms with Crippen LogP contribution in [0.15, 0.2) is 0 Å². The number of nitrogens with one attached hydrogen (secondary N) is 1. The van der Waals surface area contributed by atoms with Crippen molar-refractivity contribution < 1.29 is 14.7 Å². The summed E-state index contributed by atoms with van der Waals surface area (Å²) in [6.45, 7) is 4.05. The molecular weight excluding hydrogens is 196 g/mol. The minimum absolute atomic E-state index is 0.179. The van der Waals surface area contributed by atoms with Crippen LogP contribution in [0.3, 0.4) is 0 Å². The minimum atomic E-state index is -0.989. The number of carbonyl (C=O) groups is 2. The molecule has 88 valence electrons. The fraction of sp³-hybridized carbons (Fsp3) is 0.800. The number of rotatable bonds is 7. The van der Waals surface area contributed by atoms with Crippen LogP contribution in [0.25, 0.3) is 0 Å². The van der Waals surface area contributed by atoms with Gasteiger partial charge in [-0.05, 0) is 25.8 Å². The van der Waals surface area contributed by atoms with E-state index in [2.05, 4.69) is 5.32 Å². The first-order chi connectivity index (χ1) is 7.02. The third-order valence-electron chi connectivity index (χ3n) is 2.31. The van der Waals surface area contributed by atoms with Gasteiger partial charge in [0.15, 0.2) is 0 Å². The van der Waals surface area contributed by atoms with Crippen molar-refractivity contribution in [2.75, 3.05) is 6.54 Å². The molecule has 0 rings (SSSR count). The van der Waals surface area contributed by atoms with E-state index in [1.54, 1.807) is 13.8 Å². The van der Waals surface area contributed by atoms with Crippen LogP contribution in [-0.4, -0.2) is 29.6 Å². The Balaban J connectivity index is 4.04. The lowest BCUT2D eigenvalue weighted by Crippen LogP contribution is -2.42. The SMILES string of the molecule is CC[C@H](NC(=O)C(C)CCCN)C(=O)O. The van der Waals surface area contributed by atoms with E-state index in [0.717, 1.165) is 6.42 Å². The molecule has 1 amide bonds. The van der Waals surface area contributed by atoms with Gasteiger partial charge in [0.25, 0.3) is 0 Å². The Bertz CT molecular complexity index is 219. The monoisotopic (exact) mass is 216 g/mol. The molecule has 0 aromatic heterocycles. The average molecular weight is 216 g/mol. The highest BCUT2D eigenvalue weighted by Crippen LogP contribution is 2.05. The van der Waals surface area contributed by atoms with Crippen molar-refractivity contribution in [3.8, 4) is 0 Å². The Morgan fingerprint density at radius 1 is 1.47 bits per heavy atom. The Kier molecular flexibility index (Phi) is 6.70. The minimum Gasteiger partial charge on any atom is -0.480 e. The molecule has 0 aliphatic carbocycles. The molecule has 0 spiro atoms. The van der Waals surface area contributed by atoms with Crippen LogP contribution in [0.2, 0.25) is 0 Å². The van der Waals surface area contributed by atoms with Crippen LogP contribution in [0, 0.1) is 5.92 Å². The van der Waals surface area contributed by atoms with Crippen LogP contribution in [0.5, 0.6) is 0 Å². The summed E-state index contributed by atoms with van der Waals surface area (Å²) in [7, 11) is 0. The second-order valence-corrected chi connectivity index (χ2v) is 3.64. The molecule has 2 atom stereocenters. The van der Waals surface area contributed by atoms with E-state index < -0.39 is 12.0 Å². The van der Waals surface area contributed by atoms with E-state index in [-0.39, 0.29) is 11.8 Å². The van der Waals surface area contributed by atoms with Gasteiger partial charge >= 0.3 is 5.97 Å². The first kappa shape index (κ1) is 13.9. The smallest absolute Gasteiger partial charge is 0.326 e. The molecule has 0 saturated heterocycles. The van der Waals surface area contributed by atoms with E-state index in [0.29, 0.717) is 19.4 Å². The van der Waals surface area contributed by atoms with Crippen LogP contribution in [0.4, 0.5) is 0 Å². The van der Waals surface area contributed by atoms with Crippen molar-refractivity contribution in [1.29, 1.82) is 0 Å². The number of carbonyl (C=O) groups excluding carboxylic acids is 1. The maximum Gasteiger partial charge on any atom is 0.326 e. The molecule has 15 heavy (non-hydrogen) atoms. The molecule has 0 radical (unpaired) electrons. The van der Waals surface area contributed by atoms with E-state index in [1.165, 1.54) is 0 Å². The number of hydrogen-bond acceptors (Lipinski definition) is 3. The van der Waals surface area contributed by atoms with E-state index in [4.69, 9.17) is 10.8 Å². The lowest BCUT2D eigenvalue weighted by molar-refractivity contribution is -0.142. The number of nitrogens with two attached hydrogens (primary N) is 1. The normalized spacial score (nSPS) is 14.3. The molecule has 0 saturated carbocycles. The first-order valence-electron chi connectivity index (χ1n) is 5.26. The zero-order valence-corrected chi connectivity index (χ0v) is 9.32. The molecule has 4 N–H and O–H groups in total. The molecule has 0 heterocycles. The number of amides is 1. The van der Waals surface area contributed by atoms with Gasteiger partial charge in [0.05, 0.1) is 0 Å². The van der Waals surface area contributed by atoms with Gasteiger partial charge in [-0.25, -0.2) is 4.79 Å². The molecule has 5 nitrogen and oxygen atoms in total. The summed E-state index contributed by atoms with van der Waals surface area (Å²) in [5.74, 6) is -1.38. The summed E-state index contributed by atoms with van der Waals surface area (Å²) in [6.07, 6.45) is 1.86. The fourth-order valence-corrected chi connectivity index (χ4v) is 1.21. The maximum atomic E-state index is 11.5. The molecular formula is C10H20N2O3. The summed E-state index contributed by atoms with van der Waals surface area (Å²) < 4.78 is 0. The highest BCUT2D eigenvalue weighted by molar-refractivity contribution is 5.84. The standard InChI is InChI=1S/C10H20N2O3/c1-3-8(10(14)15)12-9(13)7(2)5-4-6-11/h7-8H,3-6,11H2,1-2H3,(H,12,13)(H,14,15)/t7?,8-/m0/s1. The van der Waals surface area contributed by atoms with Gasteiger partial charge in [-0.15, -0.1) is 0 Å². The largest absolute Gasteiger partial charge is 0.480 e. The summed E-state index contributed by atoms with van der Waals surface area (Å²) in [5, 5.41) is 11.2. The van der Waals surface area contributed by atoms with E-state index >= 15 is 0 Å². The number of aliphatic carboxylic acids is 1. The van der Waals surface area contributed by atoms with Gasteiger partial charge in [0.2, 0.25) is 5.91 Å². The van der Waals surface area contributed by atoms with Crippen molar-refractivity contribution in [3.05, 3.63) is 0 Å². The number of carboxylic acid groups (broad SMARTS) is 1. The lowest BCUT2D eigenvalue weighted by atomic mass is 10.0. The molecule has 0 aliphatic heterocycles. The zero-order valence-electron chi connectivity index (χ0n) is 9.32. The van der Waals surface area contributed by atoms with Crippen LogP contribution in [0.1, 0.15) is 33.1 Å². The number of carboxylic acids is 1. The highest BCUT2D eigenvalue weighted by atomic mass is 16.4. The van der Waals surface area contributed by atoms with E-state index in [9.17, 15) is 9.59 Å². The highest BCUT2D eigenvalue weighted by Gasteiger charge is 2.20. The first-order valence-corrected chi connectivity index (χ1v) is 5.26. The Labute approximate surface area is 90.0 Å². The topological polar surface area (TPSA) is 92.4 Å². The molecule has 0 aliphatic rings. The van der Waals surface area contributed by atoms with Gasteiger partial charge in [-0.1, -0.05) is 13.8 Å². The molecule has 0 fully saturated rings. The summed E-state index contributed by atoms with van der Waals surface area (Å²) in [5.41, 5.74) is 5.33. The maximum absolute atomic E-state index is 11.5. The van der Waals surface area contributed by atoms with Crippen molar-refractivity contribution in [3.63, 3.8) is 0 Å². The van der Waals surface area contributed by atoms with Gasteiger partial charge in [0.1, 0.15) is 6.04 Å². The summed E-state index contributed by atoms with van der Waals surface area (Å²) >= 11 is 0. The summed E-state index contributed by atoms with van der Waals surface area (Å²) in [4.78, 5) is 22.2. The Morgan fingerprint density at radius 3 is 2.47 bits per heavy atom. The predicted octanol–water partition coefficient (Wildman–Crippen LogP) is 0.341. The third kappa shape index (κ3) is 5.37. The zero-order chi connectivity index (χ0) is 11.8. The van der Waals surface area contributed by atoms with Crippen molar-refractivity contribution in [1.82, 2.24) is 5.32 Å². The Morgan fingerprint density at radius 2 is 2.07 bits per heavy atom. The molecule has 1 unspecified atom stereocenters. The quantitative estimate of drug-likeness (QED) is 0.572. The third-order valence-corrected chi connectivity index (χ3v) is 2.31. The fourth-order valence-electron chi connectivity index (χ4n) is 1.21. The molecule has 0 bridgehead atoms. The van der Waals surface area contributed by atoms with Crippen LogP contribution in [-0.2, 0) is 9.59 Å². The average Bonchev–Trinajstić information content (AvgIpc) is 2.21. The Hall–Kier alpha value is -1.10. The van der Waals surface area contributed by atoms with Crippen LogP contribution >= 0.6 is 0 Å². The van der Waals surface area contributed by atoms with Gasteiger partial charge in [-0.2, -0.15) is 0 Å². The second-order valence-electron chi connectivity index (χ2n) is 3.64. The second kappa shape index (κ2) is 7.23. The van der Waals surface area contributed by atoms with Gasteiger partial charge in [0, 0.05) is 5.92 Å². The van der Waals surface area contributed by atoms with Crippen LogP contribution < -0.4 is 11.1 Å². The van der Waals surface area contributed by atoms with E-state index in [1.807, 2.05) is 0 Å². The molecule has 5 heteroatoms. The number of hydrogen-bond donors (Lipinski definition) is 3. The summed E-state index contributed by atoms with van der Waals surface area (Å²) in [6, 6.07) is -0.780. The van der Waals surface area contributed by atoms with Crippen molar-refractivity contribution >= 4 is 11.9 Å². The van der Waals surface area contributed by atoms with Gasteiger partial charge < -0.3 is 16.2 Å². The molecule has 0 aromatic carbocycles. The molecule has 0 aromatic rings.